The average molecular weight is 327 g/mol. The van der Waals surface area contributed by atoms with Crippen LogP contribution in [0.15, 0.2) is 30.3 Å². The molecule has 0 bridgehead atoms. The van der Waals surface area contributed by atoms with Crippen molar-refractivity contribution in [3.63, 3.8) is 0 Å². The van der Waals surface area contributed by atoms with Crippen LogP contribution in [0.2, 0.25) is 0 Å². The van der Waals surface area contributed by atoms with Gasteiger partial charge in [-0.25, -0.2) is 4.68 Å². The number of carbonyl (C=O) groups is 2. The highest BCUT2D eigenvalue weighted by Crippen LogP contribution is 2.28. The van der Waals surface area contributed by atoms with E-state index in [1.54, 1.807) is 4.90 Å². The van der Waals surface area contributed by atoms with E-state index in [-0.39, 0.29) is 18.9 Å². The van der Waals surface area contributed by atoms with Gasteiger partial charge in [0.1, 0.15) is 0 Å². The van der Waals surface area contributed by atoms with Crippen molar-refractivity contribution >= 4 is 11.9 Å². The Hall–Kier alpha value is -2.63. The second-order valence-corrected chi connectivity index (χ2v) is 5.90. The number of amides is 1. The van der Waals surface area contributed by atoms with Crippen LogP contribution in [0.4, 0.5) is 0 Å². The van der Waals surface area contributed by atoms with Gasteiger partial charge in [-0.2, -0.15) is 5.10 Å². The predicted molar refractivity (Wildman–Crippen MR) is 89.4 cm³/mol. The molecular weight excluding hydrogens is 306 g/mol. The van der Waals surface area contributed by atoms with Gasteiger partial charge in [-0.1, -0.05) is 18.2 Å². The van der Waals surface area contributed by atoms with Crippen LogP contribution in [0, 0.1) is 0 Å². The summed E-state index contributed by atoms with van der Waals surface area (Å²) in [7, 11) is 0. The second kappa shape index (κ2) is 6.86. The molecule has 0 radical (unpaired) electrons. The molecule has 126 valence electrons. The second-order valence-electron chi connectivity index (χ2n) is 5.90. The van der Waals surface area contributed by atoms with Gasteiger partial charge >= 0.3 is 5.97 Å². The molecule has 0 saturated carbocycles. The zero-order valence-electron chi connectivity index (χ0n) is 13.7. The van der Waals surface area contributed by atoms with Crippen LogP contribution >= 0.6 is 0 Å². The topological polar surface area (TPSA) is 75.4 Å². The summed E-state index contributed by atoms with van der Waals surface area (Å²) in [5.41, 5.74) is 3.53. The maximum atomic E-state index is 12.8. The summed E-state index contributed by atoms with van der Waals surface area (Å²) < 4.78 is 1.86. The molecule has 3 rings (SSSR count). The molecule has 0 spiro atoms. The van der Waals surface area contributed by atoms with Gasteiger partial charge < -0.3 is 10.0 Å². The van der Waals surface area contributed by atoms with E-state index < -0.39 is 5.97 Å². The molecule has 6 heteroatoms. The van der Waals surface area contributed by atoms with Crippen LogP contribution in [-0.4, -0.2) is 44.8 Å². The molecule has 24 heavy (non-hydrogen) atoms. The zero-order chi connectivity index (χ0) is 17.1. The summed E-state index contributed by atoms with van der Waals surface area (Å²) >= 11 is 0. The van der Waals surface area contributed by atoms with Gasteiger partial charge in [-0.3, -0.25) is 9.59 Å². The molecule has 1 N–H and O–H groups in total. The number of carbonyl (C=O) groups excluding carboxylic acids is 1. The normalized spacial score (nSPS) is 12.9. The molecule has 0 aliphatic heterocycles. The first-order valence-electron chi connectivity index (χ1n) is 8.29. The Kier molecular flexibility index (Phi) is 4.64. The molecule has 0 fully saturated rings. The van der Waals surface area contributed by atoms with E-state index in [2.05, 4.69) is 5.10 Å². The number of benzene rings is 1. The number of carboxylic acid groups (broad SMARTS) is 1. The smallest absolute Gasteiger partial charge is 0.305 e. The van der Waals surface area contributed by atoms with Gasteiger partial charge in [0.05, 0.1) is 12.1 Å². The number of hydrogen-bond donors (Lipinski definition) is 1. The number of fused-ring (bicyclic) bond motifs is 1. The predicted octanol–water partition coefficient (Wildman–Crippen LogP) is 2.30. The van der Waals surface area contributed by atoms with Gasteiger partial charge in [0.2, 0.25) is 0 Å². The number of para-hydroxylation sites is 1. The first-order chi connectivity index (χ1) is 11.6. The van der Waals surface area contributed by atoms with Gasteiger partial charge in [0, 0.05) is 24.3 Å². The summed E-state index contributed by atoms with van der Waals surface area (Å²) in [5, 5.41) is 13.4. The summed E-state index contributed by atoms with van der Waals surface area (Å²) in [6.07, 6.45) is 2.72. The SMILES string of the molecule is CCN(CCC(=O)O)C(=O)c1nn(-c2ccccc2)c2c1CCC2. The van der Waals surface area contributed by atoms with Crippen molar-refractivity contribution in [3.8, 4) is 5.69 Å². The molecule has 1 heterocycles. The lowest BCUT2D eigenvalue weighted by molar-refractivity contribution is -0.137. The fourth-order valence-corrected chi connectivity index (χ4v) is 3.18. The molecule has 0 unspecified atom stereocenters. The summed E-state index contributed by atoms with van der Waals surface area (Å²) in [6, 6.07) is 9.80. The highest BCUT2D eigenvalue weighted by atomic mass is 16.4. The van der Waals surface area contributed by atoms with Crippen LogP contribution in [0.1, 0.15) is 41.5 Å². The molecule has 1 aliphatic carbocycles. The van der Waals surface area contributed by atoms with E-state index in [1.165, 1.54) is 0 Å². The van der Waals surface area contributed by atoms with E-state index in [0.29, 0.717) is 12.2 Å². The highest BCUT2D eigenvalue weighted by Gasteiger charge is 2.29. The van der Waals surface area contributed by atoms with E-state index in [1.807, 2.05) is 41.9 Å². The van der Waals surface area contributed by atoms with Crippen LogP contribution < -0.4 is 0 Å². The number of hydrogen-bond acceptors (Lipinski definition) is 3. The third-order valence-corrected chi connectivity index (χ3v) is 4.40. The molecule has 2 aromatic rings. The van der Waals surface area contributed by atoms with Gasteiger partial charge in [-0.05, 0) is 38.3 Å². The quantitative estimate of drug-likeness (QED) is 0.883. The number of nitrogens with zero attached hydrogens (tertiary/aromatic N) is 3. The Labute approximate surface area is 140 Å². The van der Waals surface area contributed by atoms with E-state index in [0.717, 1.165) is 36.2 Å². The summed E-state index contributed by atoms with van der Waals surface area (Å²) in [6.45, 7) is 2.53. The Morgan fingerprint density at radius 2 is 2.00 bits per heavy atom. The lowest BCUT2D eigenvalue weighted by Gasteiger charge is -2.19. The first kappa shape index (κ1) is 16.2. The van der Waals surface area contributed by atoms with Gasteiger partial charge in [0.15, 0.2) is 5.69 Å². The third kappa shape index (κ3) is 3.04. The first-order valence-corrected chi connectivity index (χ1v) is 8.29. The van der Waals surface area contributed by atoms with E-state index >= 15 is 0 Å². The maximum Gasteiger partial charge on any atom is 0.305 e. The molecular formula is C18H21N3O3. The Bertz CT molecular complexity index is 752. The van der Waals surface area contributed by atoms with Crippen LogP contribution in [-0.2, 0) is 17.6 Å². The number of carboxylic acids is 1. The third-order valence-electron chi connectivity index (χ3n) is 4.40. The monoisotopic (exact) mass is 327 g/mol. The van der Waals surface area contributed by atoms with Gasteiger partial charge in [0.25, 0.3) is 5.91 Å². The fraction of sp³-hybridized carbons (Fsp3) is 0.389. The maximum absolute atomic E-state index is 12.8. The standard InChI is InChI=1S/C18H21N3O3/c1-2-20(12-11-16(22)23)18(24)17-14-9-6-10-15(14)21(19-17)13-7-4-3-5-8-13/h3-5,7-8H,2,6,9-12H2,1H3,(H,22,23). The largest absolute Gasteiger partial charge is 0.481 e. The van der Waals surface area contributed by atoms with Crippen molar-refractivity contribution in [2.75, 3.05) is 13.1 Å². The molecule has 6 nitrogen and oxygen atoms in total. The molecule has 1 amide bonds. The van der Waals surface area contributed by atoms with Crippen molar-refractivity contribution in [3.05, 3.63) is 47.3 Å². The van der Waals surface area contributed by atoms with Gasteiger partial charge in [-0.15, -0.1) is 0 Å². The average Bonchev–Trinajstić information content (AvgIpc) is 3.18. The minimum atomic E-state index is -0.902. The molecule has 1 aliphatic rings. The van der Waals surface area contributed by atoms with Crippen molar-refractivity contribution in [2.24, 2.45) is 0 Å². The Morgan fingerprint density at radius 1 is 1.25 bits per heavy atom. The van der Waals surface area contributed by atoms with E-state index in [4.69, 9.17) is 5.11 Å². The zero-order valence-corrected chi connectivity index (χ0v) is 13.7. The highest BCUT2D eigenvalue weighted by molar-refractivity contribution is 5.94. The summed E-state index contributed by atoms with van der Waals surface area (Å²) in [4.78, 5) is 25.2. The molecule has 0 saturated heterocycles. The Morgan fingerprint density at radius 3 is 2.67 bits per heavy atom. The Balaban J connectivity index is 1.94. The van der Waals surface area contributed by atoms with Crippen LogP contribution in [0.3, 0.4) is 0 Å². The van der Waals surface area contributed by atoms with Crippen molar-refractivity contribution < 1.29 is 14.7 Å². The lowest BCUT2D eigenvalue weighted by Crippen LogP contribution is -2.33. The lowest BCUT2D eigenvalue weighted by atomic mass is 10.1. The minimum Gasteiger partial charge on any atom is -0.481 e. The van der Waals surface area contributed by atoms with Crippen LogP contribution in [0.5, 0.6) is 0 Å². The molecule has 1 aromatic carbocycles. The minimum absolute atomic E-state index is 0.0544. The molecule has 0 atom stereocenters. The summed E-state index contributed by atoms with van der Waals surface area (Å²) in [5.74, 6) is -1.08. The van der Waals surface area contributed by atoms with Crippen LogP contribution in [0.25, 0.3) is 5.69 Å². The number of rotatable bonds is 6. The van der Waals surface area contributed by atoms with Crippen molar-refractivity contribution in [1.29, 1.82) is 0 Å². The van der Waals surface area contributed by atoms with E-state index in [9.17, 15) is 9.59 Å². The number of aliphatic carboxylic acids is 1. The molecule has 1 aromatic heterocycles. The van der Waals surface area contributed by atoms with Crippen molar-refractivity contribution in [2.45, 2.75) is 32.6 Å². The fourth-order valence-electron chi connectivity index (χ4n) is 3.18. The van der Waals surface area contributed by atoms with Crippen molar-refractivity contribution in [1.82, 2.24) is 14.7 Å². The number of aromatic nitrogens is 2.